The lowest BCUT2D eigenvalue weighted by Crippen LogP contribution is -2.69. The van der Waals surface area contributed by atoms with Crippen LogP contribution in [-0.4, -0.2) is 79.2 Å². The summed E-state index contributed by atoms with van der Waals surface area (Å²) in [6.07, 6.45) is -1.69. The molecule has 0 aromatic rings. The predicted molar refractivity (Wildman–Crippen MR) is 127 cm³/mol. The van der Waals surface area contributed by atoms with Gasteiger partial charge in [-0.05, 0) is 86.4 Å². The minimum absolute atomic E-state index is 0.103. The molecule has 5 rings (SSSR count). The third-order valence-corrected chi connectivity index (χ3v) is 11.7. The van der Waals surface area contributed by atoms with E-state index in [2.05, 4.69) is 13.8 Å². The summed E-state index contributed by atoms with van der Waals surface area (Å²) in [6.45, 7) is 6.68. The third kappa shape index (κ3) is 3.64. The number of fused-ring (bicyclic) bond motifs is 5. The van der Waals surface area contributed by atoms with Crippen molar-refractivity contribution in [3.05, 3.63) is 0 Å². The summed E-state index contributed by atoms with van der Waals surface area (Å²) in [7, 11) is 0. The van der Waals surface area contributed by atoms with Crippen LogP contribution in [-0.2, 0) is 14.3 Å². The van der Waals surface area contributed by atoms with Gasteiger partial charge in [-0.3, -0.25) is 0 Å². The van der Waals surface area contributed by atoms with Crippen molar-refractivity contribution in [2.24, 2.45) is 40.4 Å². The molecular formula is C27H44O9. The molecule has 36 heavy (non-hydrogen) atoms. The molecule has 0 bridgehead atoms. The van der Waals surface area contributed by atoms with Crippen LogP contribution in [0.1, 0.15) is 78.6 Å². The zero-order chi connectivity index (χ0) is 26.2. The Morgan fingerprint density at radius 3 is 2.28 bits per heavy atom. The maximum Gasteiger partial charge on any atom is 0.338 e. The SMILES string of the molecule is CC[C@H]1CC[C@H]2[C@@H]3CC[C@H]4CCC(OC(=O)C5OC(O)C(O)C(O)C5O)C(O)(O)[C@]4(C)[C@H]3CC[C@]12C. The number of aliphatic hydroxyl groups excluding tert-OH is 4. The highest BCUT2D eigenvalue weighted by molar-refractivity contribution is 5.76. The smallest absolute Gasteiger partial charge is 0.338 e. The molecule has 4 aliphatic carbocycles. The first-order valence-corrected chi connectivity index (χ1v) is 13.9. The van der Waals surface area contributed by atoms with Crippen molar-refractivity contribution in [2.45, 2.75) is 121 Å². The van der Waals surface area contributed by atoms with E-state index in [9.17, 15) is 35.4 Å². The van der Waals surface area contributed by atoms with Gasteiger partial charge < -0.3 is 40.1 Å². The van der Waals surface area contributed by atoms with Gasteiger partial charge in [0, 0.05) is 5.41 Å². The van der Waals surface area contributed by atoms with Crippen molar-refractivity contribution in [1.82, 2.24) is 0 Å². The van der Waals surface area contributed by atoms with Gasteiger partial charge in [0.2, 0.25) is 5.79 Å². The van der Waals surface area contributed by atoms with E-state index >= 15 is 0 Å². The van der Waals surface area contributed by atoms with Crippen LogP contribution in [0.15, 0.2) is 0 Å². The van der Waals surface area contributed by atoms with E-state index < -0.39 is 54.0 Å². The Morgan fingerprint density at radius 1 is 0.889 bits per heavy atom. The fourth-order valence-corrected chi connectivity index (χ4v) is 9.53. The van der Waals surface area contributed by atoms with Gasteiger partial charge in [-0.2, -0.15) is 0 Å². The molecule has 9 nitrogen and oxygen atoms in total. The highest BCUT2D eigenvalue weighted by Gasteiger charge is 2.68. The van der Waals surface area contributed by atoms with E-state index in [-0.39, 0.29) is 18.3 Å². The van der Waals surface area contributed by atoms with Crippen LogP contribution in [0.2, 0.25) is 0 Å². The Labute approximate surface area is 212 Å². The quantitative estimate of drug-likeness (QED) is 0.240. The lowest BCUT2D eigenvalue weighted by atomic mass is 9.43. The zero-order valence-corrected chi connectivity index (χ0v) is 21.6. The first kappa shape index (κ1) is 26.8. The molecule has 13 atom stereocenters. The summed E-state index contributed by atoms with van der Waals surface area (Å²) >= 11 is 0. The van der Waals surface area contributed by atoms with Gasteiger partial charge in [0.1, 0.15) is 18.3 Å². The van der Waals surface area contributed by atoms with E-state index in [1.165, 1.54) is 19.3 Å². The topological polar surface area (TPSA) is 157 Å². The van der Waals surface area contributed by atoms with Gasteiger partial charge in [0.25, 0.3) is 0 Å². The molecule has 9 heteroatoms. The Balaban J connectivity index is 1.37. The largest absolute Gasteiger partial charge is 0.455 e. The van der Waals surface area contributed by atoms with Crippen LogP contribution in [0.25, 0.3) is 0 Å². The lowest BCUT2D eigenvalue weighted by Gasteiger charge is -2.64. The zero-order valence-electron chi connectivity index (χ0n) is 21.6. The molecule has 0 radical (unpaired) electrons. The highest BCUT2D eigenvalue weighted by atomic mass is 16.7. The van der Waals surface area contributed by atoms with Crippen molar-refractivity contribution in [2.75, 3.05) is 0 Å². The lowest BCUT2D eigenvalue weighted by molar-refractivity contribution is -0.353. The van der Waals surface area contributed by atoms with Crippen LogP contribution < -0.4 is 0 Å². The molecule has 5 aliphatic rings. The molecule has 0 amide bonds. The monoisotopic (exact) mass is 512 g/mol. The van der Waals surface area contributed by atoms with Crippen LogP contribution >= 0.6 is 0 Å². The average molecular weight is 513 g/mol. The third-order valence-electron chi connectivity index (χ3n) is 11.7. The second-order valence-electron chi connectivity index (χ2n) is 12.8. The minimum Gasteiger partial charge on any atom is -0.455 e. The van der Waals surface area contributed by atoms with Gasteiger partial charge in [0.15, 0.2) is 18.5 Å². The van der Waals surface area contributed by atoms with Crippen LogP contribution in [0.5, 0.6) is 0 Å². The van der Waals surface area contributed by atoms with Crippen molar-refractivity contribution < 1.29 is 44.9 Å². The molecule has 6 N–H and O–H groups in total. The summed E-state index contributed by atoms with van der Waals surface area (Å²) in [4.78, 5) is 12.9. The molecule has 0 aromatic carbocycles. The second-order valence-corrected chi connectivity index (χ2v) is 12.8. The van der Waals surface area contributed by atoms with Gasteiger partial charge in [0.05, 0.1) is 0 Å². The van der Waals surface area contributed by atoms with Gasteiger partial charge in [-0.15, -0.1) is 0 Å². The van der Waals surface area contributed by atoms with Gasteiger partial charge in [-0.1, -0.05) is 27.2 Å². The van der Waals surface area contributed by atoms with Crippen molar-refractivity contribution >= 4 is 5.97 Å². The van der Waals surface area contributed by atoms with E-state index in [1.54, 1.807) is 0 Å². The van der Waals surface area contributed by atoms with Gasteiger partial charge >= 0.3 is 5.97 Å². The maximum atomic E-state index is 12.9. The van der Waals surface area contributed by atoms with E-state index in [0.29, 0.717) is 29.6 Å². The average Bonchev–Trinajstić information content (AvgIpc) is 3.18. The number of aliphatic hydroxyl groups is 6. The molecule has 1 aliphatic heterocycles. The Kier molecular flexibility index (Phi) is 6.80. The molecule has 6 unspecified atom stereocenters. The second kappa shape index (κ2) is 9.14. The summed E-state index contributed by atoms with van der Waals surface area (Å²) in [5.74, 6) is -1.47. The number of carbonyl (C=O) groups is 1. The maximum absolute atomic E-state index is 12.9. The molecule has 5 fully saturated rings. The molecular weight excluding hydrogens is 468 g/mol. The predicted octanol–water partition coefficient (Wildman–Crippen LogP) is 1.06. The fourth-order valence-electron chi connectivity index (χ4n) is 9.53. The number of rotatable bonds is 3. The van der Waals surface area contributed by atoms with Crippen molar-refractivity contribution in [1.29, 1.82) is 0 Å². The summed E-state index contributed by atoms with van der Waals surface area (Å²) in [6, 6.07) is 0. The first-order valence-electron chi connectivity index (χ1n) is 13.9. The van der Waals surface area contributed by atoms with E-state index in [0.717, 1.165) is 25.7 Å². The first-order chi connectivity index (χ1) is 16.9. The minimum atomic E-state index is -2.28. The number of ether oxygens (including phenoxy) is 2. The van der Waals surface area contributed by atoms with Crippen molar-refractivity contribution in [3.63, 3.8) is 0 Å². The van der Waals surface area contributed by atoms with E-state index in [1.807, 2.05) is 6.92 Å². The van der Waals surface area contributed by atoms with Crippen molar-refractivity contribution in [3.8, 4) is 0 Å². The number of esters is 1. The van der Waals surface area contributed by atoms with Crippen LogP contribution in [0.4, 0.5) is 0 Å². The number of hydrogen-bond donors (Lipinski definition) is 6. The Hall–Kier alpha value is -0.810. The summed E-state index contributed by atoms with van der Waals surface area (Å²) in [5.41, 5.74) is -0.556. The Morgan fingerprint density at radius 2 is 1.58 bits per heavy atom. The Bertz CT molecular complexity index is 849. The fraction of sp³-hybridized carbons (Fsp3) is 0.963. The van der Waals surface area contributed by atoms with Crippen LogP contribution in [0, 0.1) is 40.4 Å². The van der Waals surface area contributed by atoms with Crippen LogP contribution in [0.3, 0.4) is 0 Å². The summed E-state index contributed by atoms with van der Waals surface area (Å²) in [5, 5.41) is 63.1. The molecule has 1 heterocycles. The van der Waals surface area contributed by atoms with E-state index in [4.69, 9.17) is 9.47 Å². The van der Waals surface area contributed by atoms with Gasteiger partial charge in [-0.25, -0.2) is 4.79 Å². The normalized spacial score (nSPS) is 54.2. The highest BCUT2D eigenvalue weighted by Crippen LogP contribution is 2.69. The molecule has 1 saturated heterocycles. The summed E-state index contributed by atoms with van der Waals surface area (Å²) < 4.78 is 10.6. The molecule has 4 saturated carbocycles. The number of hydrogen-bond acceptors (Lipinski definition) is 9. The molecule has 0 spiro atoms. The molecule has 0 aromatic heterocycles. The number of carbonyl (C=O) groups excluding carboxylic acids is 1. The standard InChI is InChI=1S/C27H44O9/c1-4-13-6-9-16-15-8-5-14-7-10-18(27(33,34)26(14,3)17(15)11-12-25(13,16)2)35-24(32)22-20(29)19(28)21(30)23(31)36-22/h13-23,28-31,33-34H,4-12H2,1-3H3/t13-,14-,15-,16-,17-,18?,19?,20?,21?,22?,23?,25+,26-/m0/s1. The molecule has 206 valence electrons.